The van der Waals surface area contributed by atoms with E-state index in [-0.39, 0.29) is 5.56 Å². The van der Waals surface area contributed by atoms with E-state index in [9.17, 15) is 8.78 Å². The Labute approximate surface area is 97.3 Å². The maximum Gasteiger partial charge on any atom is 0.163 e. The minimum Gasteiger partial charge on any atom is -0.271 e. The largest absolute Gasteiger partial charge is 0.271 e. The van der Waals surface area contributed by atoms with Gasteiger partial charge < -0.3 is 0 Å². The molecule has 0 amide bonds. The lowest BCUT2D eigenvalue weighted by molar-refractivity contribution is 0.483. The van der Waals surface area contributed by atoms with Gasteiger partial charge in [0.25, 0.3) is 0 Å². The second kappa shape index (κ2) is 4.99. The van der Waals surface area contributed by atoms with Crippen LogP contribution in [0.1, 0.15) is 17.2 Å². The van der Waals surface area contributed by atoms with Crippen molar-refractivity contribution in [3.05, 3.63) is 65.5 Å². The molecular weight excluding hydrogens is 224 g/mol. The summed E-state index contributed by atoms with van der Waals surface area (Å²) in [7, 11) is 0. The van der Waals surface area contributed by atoms with Crippen molar-refractivity contribution in [3.63, 3.8) is 0 Å². The van der Waals surface area contributed by atoms with Crippen LogP contribution in [0.5, 0.6) is 0 Å². The molecule has 0 fully saturated rings. The molecule has 1 atom stereocenters. The number of nitrogens with two attached hydrogens (primary N) is 1. The highest BCUT2D eigenvalue weighted by Gasteiger charge is 2.18. The molecule has 17 heavy (non-hydrogen) atoms. The van der Waals surface area contributed by atoms with Crippen molar-refractivity contribution in [2.75, 3.05) is 0 Å². The van der Waals surface area contributed by atoms with Crippen LogP contribution in [0.25, 0.3) is 0 Å². The molecule has 0 saturated heterocycles. The zero-order valence-corrected chi connectivity index (χ0v) is 8.90. The number of benzene rings is 1. The van der Waals surface area contributed by atoms with E-state index in [2.05, 4.69) is 10.4 Å². The lowest BCUT2D eigenvalue weighted by Gasteiger charge is -2.17. The van der Waals surface area contributed by atoms with Crippen molar-refractivity contribution in [1.29, 1.82) is 0 Å². The molecule has 1 aromatic carbocycles. The van der Waals surface area contributed by atoms with Crippen molar-refractivity contribution < 1.29 is 8.78 Å². The fraction of sp³-hybridized carbons (Fsp3) is 0.0833. The summed E-state index contributed by atoms with van der Waals surface area (Å²) in [4.78, 5) is 3.92. The van der Waals surface area contributed by atoms with Crippen LogP contribution in [-0.2, 0) is 0 Å². The van der Waals surface area contributed by atoms with Crippen LogP contribution in [0.2, 0.25) is 0 Å². The van der Waals surface area contributed by atoms with Gasteiger partial charge in [-0.3, -0.25) is 10.8 Å². The van der Waals surface area contributed by atoms with Gasteiger partial charge in [0, 0.05) is 18.0 Å². The van der Waals surface area contributed by atoms with Crippen LogP contribution in [0.3, 0.4) is 0 Å². The molecular formula is C12H11F2N3. The molecule has 88 valence electrons. The van der Waals surface area contributed by atoms with Crippen LogP contribution >= 0.6 is 0 Å². The van der Waals surface area contributed by atoms with Crippen LogP contribution in [0.4, 0.5) is 8.78 Å². The van der Waals surface area contributed by atoms with E-state index in [0.29, 0.717) is 5.56 Å². The molecule has 0 aliphatic heterocycles. The number of halogens is 2. The minimum atomic E-state index is -0.903. The maximum absolute atomic E-state index is 13.6. The van der Waals surface area contributed by atoms with Gasteiger partial charge in [-0.25, -0.2) is 14.2 Å². The summed E-state index contributed by atoms with van der Waals surface area (Å²) in [6.45, 7) is 0. The fourth-order valence-electron chi connectivity index (χ4n) is 1.66. The van der Waals surface area contributed by atoms with Crippen molar-refractivity contribution in [1.82, 2.24) is 10.4 Å². The van der Waals surface area contributed by atoms with Gasteiger partial charge in [0.2, 0.25) is 0 Å². The molecule has 2 rings (SSSR count). The van der Waals surface area contributed by atoms with Crippen molar-refractivity contribution in [3.8, 4) is 0 Å². The highest BCUT2D eigenvalue weighted by Crippen LogP contribution is 2.24. The maximum atomic E-state index is 13.6. The molecule has 2 aromatic rings. The van der Waals surface area contributed by atoms with E-state index in [1.165, 1.54) is 12.1 Å². The number of nitrogens with zero attached hydrogens (tertiary/aromatic N) is 1. The number of rotatable bonds is 3. The first kappa shape index (κ1) is 11.6. The standard InChI is InChI=1S/C12H11F2N3/c13-10-5-1-4-9(11(10)14)12(17-15)8-3-2-6-16-7-8/h1-7,12,17H,15H2. The average Bonchev–Trinajstić information content (AvgIpc) is 2.37. The highest BCUT2D eigenvalue weighted by atomic mass is 19.2. The van der Waals surface area contributed by atoms with E-state index in [0.717, 1.165) is 6.07 Å². The van der Waals surface area contributed by atoms with Gasteiger partial charge in [0.1, 0.15) is 0 Å². The number of hydrazine groups is 1. The summed E-state index contributed by atoms with van der Waals surface area (Å²) in [5.41, 5.74) is 3.28. The minimum absolute atomic E-state index is 0.153. The molecule has 1 unspecified atom stereocenters. The van der Waals surface area contributed by atoms with Gasteiger partial charge in [-0.1, -0.05) is 18.2 Å². The smallest absolute Gasteiger partial charge is 0.163 e. The Morgan fingerprint density at radius 3 is 2.65 bits per heavy atom. The monoisotopic (exact) mass is 235 g/mol. The SMILES string of the molecule is NNC(c1cccnc1)c1cccc(F)c1F. The number of pyridine rings is 1. The van der Waals surface area contributed by atoms with Gasteiger partial charge in [-0.2, -0.15) is 0 Å². The Morgan fingerprint density at radius 1 is 1.18 bits per heavy atom. The number of nitrogens with one attached hydrogen (secondary N) is 1. The molecule has 1 heterocycles. The quantitative estimate of drug-likeness (QED) is 0.631. The van der Waals surface area contributed by atoms with Gasteiger partial charge in [0.05, 0.1) is 6.04 Å². The van der Waals surface area contributed by atoms with Gasteiger partial charge in [-0.05, 0) is 17.7 Å². The second-order valence-corrected chi connectivity index (χ2v) is 3.53. The topological polar surface area (TPSA) is 50.9 Å². The summed E-state index contributed by atoms with van der Waals surface area (Å²) in [5, 5.41) is 0. The zero-order chi connectivity index (χ0) is 12.3. The molecule has 3 N–H and O–H groups in total. The molecule has 0 bridgehead atoms. The first-order valence-corrected chi connectivity index (χ1v) is 5.04. The Balaban J connectivity index is 2.46. The Bertz CT molecular complexity index is 502. The summed E-state index contributed by atoms with van der Waals surface area (Å²) >= 11 is 0. The molecule has 0 saturated carbocycles. The molecule has 0 radical (unpaired) electrons. The predicted octanol–water partition coefficient (Wildman–Crippen LogP) is 1.91. The molecule has 0 aliphatic carbocycles. The number of hydrogen-bond acceptors (Lipinski definition) is 3. The predicted molar refractivity (Wildman–Crippen MR) is 59.8 cm³/mol. The third-order valence-electron chi connectivity index (χ3n) is 2.48. The van der Waals surface area contributed by atoms with Gasteiger partial charge >= 0.3 is 0 Å². The summed E-state index contributed by atoms with van der Waals surface area (Å²) in [6.07, 6.45) is 3.15. The van der Waals surface area contributed by atoms with Crippen molar-refractivity contribution >= 4 is 0 Å². The molecule has 1 aromatic heterocycles. The van der Waals surface area contributed by atoms with Crippen LogP contribution in [0, 0.1) is 11.6 Å². The first-order chi connectivity index (χ1) is 8.24. The normalized spacial score (nSPS) is 12.4. The van der Waals surface area contributed by atoms with E-state index < -0.39 is 17.7 Å². The lowest BCUT2D eigenvalue weighted by atomic mass is 10.0. The Hall–Kier alpha value is -1.85. The first-order valence-electron chi connectivity index (χ1n) is 5.04. The fourth-order valence-corrected chi connectivity index (χ4v) is 1.66. The number of aromatic nitrogens is 1. The van der Waals surface area contributed by atoms with Crippen molar-refractivity contribution in [2.24, 2.45) is 5.84 Å². The van der Waals surface area contributed by atoms with Crippen LogP contribution in [-0.4, -0.2) is 4.98 Å². The third-order valence-corrected chi connectivity index (χ3v) is 2.48. The van der Waals surface area contributed by atoms with Crippen LogP contribution in [0.15, 0.2) is 42.7 Å². The van der Waals surface area contributed by atoms with Crippen molar-refractivity contribution in [2.45, 2.75) is 6.04 Å². The molecule has 0 spiro atoms. The molecule has 3 nitrogen and oxygen atoms in total. The Morgan fingerprint density at radius 2 is 2.00 bits per heavy atom. The van der Waals surface area contributed by atoms with Gasteiger partial charge in [-0.15, -0.1) is 0 Å². The molecule has 0 aliphatic rings. The molecule has 5 heteroatoms. The number of hydrogen-bond donors (Lipinski definition) is 2. The zero-order valence-electron chi connectivity index (χ0n) is 8.90. The highest BCUT2D eigenvalue weighted by molar-refractivity contribution is 5.31. The van der Waals surface area contributed by atoms with Crippen LogP contribution < -0.4 is 11.3 Å². The summed E-state index contributed by atoms with van der Waals surface area (Å²) < 4.78 is 26.8. The summed E-state index contributed by atoms with van der Waals surface area (Å²) in [5.74, 6) is 3.59. The second-order valence-electron chi connectivity index (χ2n) is 3.53. The Kier molecular flexibility index (Phi) is 3.41. The van der Waals surface area contributed by atoms with E-state index in [4.69, 9.17) is 5.84 Å². The average molecular weight is 235 g/mol. The van der Waals surface area contributed by atoms with Gasteiger partial charge in [0.15, 0.2) is 11.6 Å². The van der Waals surface area contributed by atoms with E-state index in [1.807, 2.05) is 0 Å². The van der Waals surface area contributed by atoms with E-state index in [1.54, 1.807) is 24.5 Å². The third kappa shape index (κ3) is 2.30. The summed E-state index contributed by atoms with van der Waals surface area (Å²) in [6, 6.07) is 6.80. The lowest BCUT2D eigenvalue weighted by Crippen LogP contribution is -2.29. The van der Waals surface area contributed by atoms with E-state index >= 15 is 0 Å².